The first-order valence-electron chi connectivity index (χ1n) is 27.7. The first kappa shape index (κ1) is 60.4. The Morgan fingerprint density at radius 3 is 1.29 bits per heavy atom. The highest BCUT2D eigenvalue weighted by atomic mass is 16.5. The highest BCUT2D eigenvalue weighted by Gasteiger charge is 2.16. The van der Waals surface area contributed by atoms with Gasteiger partial charge < -0.3 is 20.1 Å². The van der Waals surface area contributed by atoms with E-state index in [1.165, 1.54) is 231 Å². The smallest absolute Gasteiger partial charge is 0.306 e. The van der Waals surface area contributed by atoms with Crippen LogP contribution >= 0.6 is 0 Å². The average Bonchev–Trinajstić information content (AvgIpc) is 3.78. The molecule has 0 aliphatic carbocycles. The van der Waals surface area contributed by atoms with E-state index in [1.807, 2.05) is 0 Å². The van der Waals surface area contributed by atoms with E-state index in [0.29, 0.717) is 31.4 Å². The molecule has 0 aromatic heterocycles. The van der Waals surface area contributed by atoms with Crippen LogP contribution in [0.5, 0.6) is 0 Å². The maximum Gasteiger partial charge on any atom is 0.306 e. The number of carboxylic acid groups (broad SMARTS) is 1. The minimum atomic E-state index is -0.250. The lowest BCUT2D eigenvalue weighted by Crippen LogP contribution is -2.35. The largest absolute Gasteiger partial charge is 0.483 e. The van der Waals surface area contributed by atoms with Crippen molar-refractivity contribution >= 4 is 18.3 Å². The van der Waals surface area contributed by atoms with Crippen LogP contribution in [0.25, 0.3) is 0 Å². The third-order valence-electron chi connectivity index (χ3n) is 13.6. The van der Waals surface area contributed by atoms with Gasteiger partial charge in [-0.2, -0.15) is 0 Å². The van der Waals surface area contributed by atoms with Crippen molar-refractivity contribution in [3.05, 3.63) is 0 Å². The van der Waals surface area contributed by atoms with Gasteiger partial charge in [-0.1, -0.05) is 227 Å². The summed E-state index contributed by atoms with van der Waals surface area (Å²) in [7, 11) is 0. The summed E-state index contributed by atoms with van der Waals surface area (Å²) in [6.07, 6.45) is 52.2. The molecule has 2 N–H and O–H groups in total. The van der Waals surface area contributed by atoms with Crippen LogP contribution in [-0.2, 0) is 19.1 Å². The van der Waals surface area contributed by atoms with Crippen LogP contribution in [0.15, 0.2) is 0 Å². The Balaban J connectivity index is 0.0000120. The van der Waals surface area contributed by atoms with Crippen LogP contribution in [0.2, 0.25) is 0 Å². The van der Waals surface area contributed by atoms with Crippen molar-refractivity contribution in [2.24, 2.45) is 11.8 Å². The molecule has 1 atom stereocenters. The Bertz CT molecular complexity index is 921. The topological polar surface area (TPSA) is 95.9 Å². The minimum Gasteiger partial charge on any atom is -0.483 e. The van der Waals surface area contributed by atoms with Crippen LogP contribution in [-0.4, -0.2) is 60.6 Å². The number of nitrogens with one attached hydrogen (secondary N) is 1. The fourth-order valence-electron chi connectivity index (χ4n) is 9.67. The number of likely N-dealkylation sites (tertiary alicyclic amines) is 1. The lowest BCUT2D eigenvalue weighted by Gasteiger charge is -2.20. The second kappa shape index (κ2) is 48.8. The number of esters is 1. The fourth-order valence-corrected chi connectivity index (χ4v) is 9.67. The van der Waals surface area contributed by atoms with Crippen LogP contribution in [0, 0.1) is 11.8 Å². The first-order valence-corrected chi connectivity index (χ1v) is 27.7. The Labute approximate surface area is 386 Å². The zero-order valence-electron chi connectivity index (χ0n) is 42.2. The molecule has 0 spiro atoms. The standard InChI is InChI=1S/C54H106N2O3.CH2O2/c1-5-9-26-37-50(38-27-10-6-2)39-30-22-18-14-13-15-19-23-31-42-52(55-53(57)44-36-47-56-45-33-34-46-56)43-32-24-20-16-17-21-25-35-48-59-54(58)49-51(40-28-11-7-3)41-29-12-8-4;2-1-3/h50-52H,5-49H2,1-4H3,(H,55,57);1H,(H,2,3). The number of nitrogens with zero attached hydrogens (tertiary/aromatic N) is 1. The highest BCUT2D eigenvalue weighted by molar-refractivity contribution is 5.76. The molecule has 1 unspecified atom stereocenters. The van der Waals surface area contributed by atoms with Crippen molar-refractivity contribution in [1.29, 1.82) is 0 Å². The van der Waals surface area contributed by atoms with Gasteiger partial charge in [0.05, 0.1) is 6.61 Å². The molecule has 1 saturated heterocycles. The average molecular weight is 877 g/mol. The fraction of sp³-hybridized carbons (Fsp3) is 0.945. The lowest BCUT2D eigenvalue weighted by atomic mass is 9.90. The van der Waals surface area contributed by atoms with Gasteiger partial charge in [0.15, 0.2) is 0 Å². The summed E-state index contributed by atoms with van der Waals surface area (Å²) >= 11 is 0. The second-order valence-electron chi connectivity index (χ2n) is 19.5. The molecular formula is C55H108N2O5. The zero-order valence-corrected chi connectivity index (χ0v) is 42.2. The number of unbranched alkanes of at least 4 members (excludes halogenated alkanes) is 23. The molecule has 1 aliphatic heterocycles. The molecule has 0 bridgehead atoms. The van der Waals surface area contributed by atoms with Gasteiger partial charge in [-0.3, -0.25) is 14.4 Å². The molecule has 1 aliphatic rings. The number of carbonyl (C=O) groups is 3. The van der Waals surface area contributed by atoms with Crippen molar-refractivity contribution in [3.63, 3.8) is 0 Å². The van der Waals surface area contributed by atoms with E-state index in [0.717, 1.165) is 44.6 Å². The van der Waals surface area contributed by atoms with E-state index >= 15 is 0 Å². The van der Waals surface area contributed by atoms with Crippen LogP contribution in [0.4, 0.5) is 0 Å². The molecule has 1 amide bonds. The molecule has 1 heterocycles. The van der Waals surface area contributed by atoms with Gasteiger partial charge in [0.25, 0.3) is 6.47 Å². The highest BCUT2D eigenvalue weighted by Crippen LogP contribution is 2.25. The minimum absolute atomic E-state index is 0.0324. The van der Waals surface area contributed by atoms with Gasteiger partial charge in [0.2, 0.25) is 5.91 Å². The predicted octanol–water partition coefficient (Wildman–Crippen LogP) is 16.3. The number of carbonyl (C=O) groups excluding carboxylic acids is 2. The molecular weight excluding hydrogens is 769 g/mol. The molecule has 62 heavy (non-hydrogen) atoms. The van der Waals surface area contributed by atoms with Crippen molar-refractivity contribution in [3.8, 4) is 0 Å². The Morgan fingerprint density at radius 1 is 0.516 bits per heavy atom. The monoisotopic (exact) mass is 877 g/mol. The van der Waals surface area contributed by atoms with Crippen molar-refractivity contribution in [2.45, 2.75) is 297 Å². The molecule has 0 saturated carbocycles. The van der Waals surface area contributed by atoms with E-state index < -0.39 is 0 Å². The van der Waals surface area contributed by atoms with E-state index in [4.69, 9.17) is 14.6 Å². The summed E-state index contributed by atoms with van der Waals surface area (Å²) in [5.74, 6) is 1.82. The SMILES string of the molecule is CCCCCC(CCCCC)CCCCCCCCCCCC(CCCCCCCCCCOC(=O)CC(CCCCC)CCCCC)NC(=O)CCCN1CCCC1.O=CO. The summed E-state index contributed by atoms with van der Waals surface area (Å²) in [6.45, 7) is 13.0. The molecule has 1 fully saturated rings. The van der Waals surface area contributed by atoms with Gasteiger partial charge in [-0.25, -0.2) is 0 Å². The Morgan fingerprint density at radius 2 is 0.871 bits per heavy atom. The van der Waals surface area contributed by atoms with Crippen LogP contribution < -0.4 is 5.32 Å². The maximum absolute atomic E-state index is 13.0. The van der Waals surface area contributed by atoms with Gasteiger partial charge in [-0.05, 0) is 82.8 Å². The summed E-state index contributed by atoms with van der Waals surface area (Å²) in [6, 6.07) is 0.354. The quantitative estimate of drug-likeness (QED) is 0.0359. The number of rotatable bonds is 46. The van der Waals surface area contributed by atoms with Gasteiger partial charge in [0, 0.05) is 18.9 Å². The molecule has 0 aromatic rings. The van der Waals surface area contributed by atoms with E-state index in [2.05, 4.69) is 37.9 Å². The predicted molar refractivity (Wildman–Crippen MR) is 267 cm³/mol. The van der Waals surface area contributed by atoms with E-state index in [-0.39, 0.29) is 18.3 Å². The molecule has 7 heteroatoms. The van der Waals surface area contributed by atoms with Gasteiger partial charge in [-0.15, -0.1) is 0 Å². The number of amides is 1. The summed E-state index contributed by atoms with van der Waals surface area (Å²) < 4.78 is 5.66. The maximum atomic E-state index is 13.0. The molecule has 1 rings (SSSR count). The van der Waals surface area contributed by atoms with Crippen molar-refractivity contribution in [1.82, 2.24) is 10.2 Å². The number of hydrogen-bond donors (Lipinski definition) is 2. The Kier molecular flexibility index (Phi) is 47.5. The van der Waals surface area contributed by atoms with Crippen molar-refractivity contribution in [2.75, 3.05) is 26.2 Å². The third-order valence-corrected chi connectivity index (χ3v) is 13.6. The van der Waals surface area contributed by atoms with Crippen molar-refractivity contribution < 1.29 is 24.2 Å². The molecule has 7 nitrogen and oxygen atoms in total. The number of hydrogen-bond acceptors (Lipinski definition) is 5. The van der Waals surface area contributed by atoms with E-state index in [1.54, 1.807) is 0 Å². The van der Waals surface area contributed by atoms with Crippen LogP contribution in [0.3, 0.4) is 0 Å². The summed E-state index contributed by atoms with van der Waals surface area (Å²) in [4.78, 5) is 36.4. The van der Waals surface area contributed by atoms with E-state index in [9.17, 15) is 9.59 Å². The third kappa shape index (κ3) is 42.3. The second-order valence-corrected chi connectivity index (χ2v) is 19.5. The van der Waals surface area contributed by atoms with Gasteiger partial charge >= 0.3 is 5.97 Å². The lowest BCUT2D eigenvalue weighted by molar-refractivity contribution is -0.145. The summed E-state index contributed by atoms with van der Waals surface area (Å²) in [5.41, 5.74) is 0. The molecule has 0 radical (unpaired) electrons. The zero-order chi connectivity index (χ0) is 45.4. The molecule has 0 aromatic carbocycles. The first-order chi connectivity index (χ1) is 30.4. The Hall–Kier alpha value is -1.63. The van der Waals surface area contributed by atoms with Gasteiger partial charge in [0.1, 0.15) is 0 Å². The van der Waals surface area contributed by atoms with Crippen LogP contribution in [0.1, 0.15) is 291 Å². The normalized spacial score (nSPS) is 13.4. The molecule has 368 valence electrons. The number of ether oxygens (including phenoxy) is 1. The summed E-state index contributed by atoms with van der Waals surface area (Å²) in [5, 5.41) is 10.4.